The zero-order valence-electron chi connectivity index (χ0n) is 8.27. The maximum atomic E-state index is 10.7. The smallest absolute Gasteiger partial charge is 0.314 e. The third kappa shape index (κ3) is 3.89. The van der Waals surface area contributed by atoms with Crippen LogP contribution in [-0.2, 0) is 9.53 Å². The summed E-state index contributed by atoms with van der Waals surface area (Å²) >= 11 is 0. The van der Waals surface area contributed by atoms with Gasteiger partial charge >= 0.3 is 5.97 Å². The molecule has 0 fully saturated rings. The van der Waals surface area contributed by atoms with Crippen LogP contribution in [0.5, 0.6) is 0 Å². The largest absolute Gasteiger partial charge is 0.431 e. The minimum absolute atomic E-state index is 0.261. The van der Waals surface area contributed by atoms with Crippen molar-refractivity contribution in [2.75, 3.05) is 0 Å². The lowest BCUT2D eigenvalue weighted by Gasteiger charge is -2.11. The minimum atomic E-state index is -0.540. The summed E-state index contributed by atoms with van der Waals surface area (Å²) in [6, 6.07) is 0. The van der Waals surface area contributed by atoms with E-state index in [1.165, 1.54) is 0 Å². The number of ether oxygens (including phenoxy) is 1. The highest BCUT2D eigenvalue weighted by Crippen LogP contribution is 2.18. The van der Waals surface area contributed by atoms with Crippen molar-refractivity contribution in [1.29, 1.82) is 0 Å². The molecule has 4 heteroatoms. The third-order valence-corrected chi connectivity index (χ3v) is 2.10. The van der Waals surface area contributed by atoms with E-state index in [9.17, 15) is 9.90 Å². The highest BCUT2D eigenvalue weighted by molar-refractivity contribution is 5.75. The van der Waals surface area contributed by atoms with Gasteiger partial charge in [0.1, 0.15) is 5.76 Å². The van der Waals surface area contributed by atoms with Crippen molar-refractivity contribution in [2.24, 2.45) is 0 Å². The second-order valence-electron chi connectivity index (χ2n) is 3.63. The van der Waals surface area contributed by atoms with Gasteiger partial charge in [0, 0.05) is 6.42 Å². The molecule has 0 radical (unpaired) electrons. The lowest BCUT2D eigenvalue weighted by molar-refractivity contribution is -0.136. The van der Waals surface area contributed by atoms with Crippen LogP contribution in [0.3, 0.4) is 0 Å². The van der Waals surface area contributed by atoms with Gasteiger partial charge in [-0.2, -0.15) is 0 Å². The predicted molar refractivity (Wildman–Crippen MR) is 50.3 cm³/mol. The topological polar surface area (TPSA) is 66.8 Å². The lowest BCUT2D eigenvalue weighted by atomic mass is 10.1. The summed E-state index contributed by atoms with van der Waals surface area (Å²) in [6.45, 7) is 1.68. The summed E-state index contributed by atoms with van der Waals surface area (Å²) in [5.41, 5.74) is 0. The first-order chi connectivity index (χ1) is 6.58. The normalized spacial score (nSPS) is 20.2. The zero-order valence-corrected chi connectivity index (χ0v) is 8.27. The van der Waals surface area contributed by atoms with E-state index in [-0.39, 0.29) is 5.97 Å². The molecule has 0 aromatic carbocycles. The van der Waals surface area contributed by atoms with E-state index in [0.29, 0.717) is 31.4 Å². The molecule has 14 heavy (non-hydrogen) atoms. The van der Waals surface area contributed by atoms with Crippen LogP contribution in [0.4, 0.5) is 0 Å². The lowest BCUT2D eigenvalue weighted by Crippen LogP contribution is -2.12. The SMILES string of the molecule is CC(O)CCC(O)CC1=CCC(=O)O1. The van der Waals surface area contributed by atoms with Gasteiger partial charge in [0.05, 0.1) is 18.6 Å². The highest BCUT2D eigenvalue weighted by atomic mass is 16.5. The van der Waals surface area contributed by atoms with Gasteiger partial charge in [-0.25, -0.2) is 0 Å². The molecule has 0 bridgehead atoms. The van der Waals surface area contributed by atoms with E-state index in [2.05, 4.69) is 0 Å². The highest BCUT2D eigenvalue weighted by Gasteiger charge is 2.17. The Hall–Kier alpha value is -0.870. The van der Waals surface area contributed by atoms with Gasteiger partial charge < -0.3 is 14.9 Å². The molecular formula is C10H16O4. The summed E-state index contributed by atoms with van der Waals surface area (Å²) in [7, 11) is 0. The Balaban J connectivity index is 2.20. The molecule has 1 aliphatic heterocycles. The Morgan fingerprint density at radius 2 is 2.21 bits per heavy atom. The Labute approximate surface area is 83.2 Å². The van der Waals surface area contributed by atoms with Gasteiger partial charge in [0.25, 0.3) is 0 Å². The molecule has 80 valence electrons. The Morgan fingerprint density at radius 3 is 2.71 bits per heavy atom. The van der Waals surface area contributed by atoms with Crippen LogP contribution in [0.2, 0.25) is 0 Å². The molecule has 0 aromatic heterocycles. The molecule has 0 saturated carbocycles. The third-order valence-electron chi connectivity index (χ3n) is 2.10. The molecule has 2 N–H and O–H groups in total. The first-order valence-corrected chi connectivity index (χ1v) is 4.83. The van der Waals surface area contributed by atoms with Crippen molar-refractivity contribution in [2.45, 2.75) is 44.8 Å². The maximum Gasteiger partial charge on any atom is 0.314 e. The quantitative estimate of drug-likeness (QED) is 0.642. The van der Waals surface area contributed by atoms with Gasteiger partial charge in [0.15, 0.2) is 0 Å². The number of aliphatic hydroxyl groups excluding tert-OH is 2. The molecule has 1 rings (SSSR count). The Morgan fingerprint density at radius 1 is 1.50 bits per heavy atom. The van der Waals surface area contributed by atoms with E-state index in [4.69, 9.17) is 9.84 Å². The van der Waals surface area contributed by atoms with Gasteiger partial charge in [-0.1, -0.05) is 0 Å². The summed E-state index contributed by atoms with van der Waals surface area (Å²) in [5.74, 6) is 0.288. The first kappa shape index (κ1) is 11.2. The molecule has 0 aliphatic carbocycles. The summed E-state index contributed by atoms with van der Waals surface area (Å²) in [6.07, 6.45) is 2.49. The van der Waals surface area contributed by atoms with E-state index >= 15 is 0 Å². The van der Waals surface area contributed by atoms with Gasteiger partial charge in [-0.15, -0.1) is 0 Å². The van der Waals surface area contributed by atoms with Crippen LogP contribution >= 0.6 is 0 Å². The molecule has 0 saturated heterocycles. The van der Waals surface area contributed by atoms with E-state index in [0.717, 1.165) is 0 Å². The van der Waals surface area contributed by atoms with Crippen molar-refractivity contribution >= 4 is 5.97 Å². The zero-order chi connectivity index (χ0) is 10.6. The van der Waals surface area contributed by atoms with Crippen molar-refractivity contribution in [1.82, 2.24) is 0 Å². The summed E-state index contributed by atoms with van der Waals surface area (Å²) in [5, 5.41) is 18.5. The number of cyclic esters (lactones) is 1. The number of rotatable bonds is 5. The van der Waals surface area contributed by atoms with E-state index in [1.54, 1.807) is 13.0 Å². The fourth-order valence-corrected chi connectivity index (χ4v) is 1.32. The first-order valence-electron chi connectivity index (χ1n) is 4.83. The molecule has 2 unspecified atom stereocenters. The summed E-state index contributed by atoms with van der Waals surface area (Å²) < 4.78 is 4.84. The second kappa shape index (κ2) is 5.12. The van der Waals surface area contributed by atoms with Crippen LogP contribution < -0.4 is 0 Å². The van der Waals surface area contributed by atoms with Crippen LogP contribution in [0.15, 0.2) is 11.8 Å². The number of aliphatic hydroxyl groups is 2. The molecule has 4 nitrogen and oxygen atoms in total. The number of carbonyl (C=O) groups excluding carboxylic acids is 1. The summed E-state index contributed by atoms with van der Waals surface area (Å²) in [4.78, 5) is 10.7. The van der Waals surface area contributed by atoms with Crippen LogP contribution in [0.1, 0.15) is 32.6 Å². The van der Waals surface area contributed by atoms with Crippen molar-refractivity contribution < 1.29 is 19.7 Å². The molecule has 1 heterocycles. The average Bonchev–Trinajstić information content (AvgIpc) is 2.48. The van der Waals surface area contributed by atoms with Crippen molar-refractivity contribution in [3.05, 3.63) is 11.8 Å². The second-order valence-corrected chi connectivity index (χ2v) is 3.63. The number of hydrogen-bond acceptors (Lipinski definition) is 4. The maximum absolute atomic E-state index is 10.7. The van der Waals surface area contributed by atoms with Crippen molar-refractivity contribution in [3.63, 3.8) is 0 Å². The van der Waals surface area contributed by atoms with Gasteiger partial charge in [0.2, 0.25) is 0 Å². The van der Waals surface area contributed by atoms with E-state index < -0.39 is 12.2 Å². The van der Waals surface area contributed by atoms with Crippen LogP contribution in [-0.4, -0.2) is 28.4 Å². The van der Waals surface area contributed by atoms with E-state index in [1.807, 2.05) is 0 Å². The molecule has 0 aromatic rings. The Kier molecular flexibility index (Phi) is 4.10. The monoisotopic (exact) mass is 200 g/mol. The number of carbonyl (C=O) groups is 1. The molecular weight excluding hydrogens is 184 g/mol. The fourth-order valence-electron chi connectivity index (χ4n) is 1.32. The van der Waals surface area contributed by atoms with Crippen molar-refractivity contribution in [3.8, 4) is 0 Å². The molecule has 2 atom stereocenters. The van der Waals surface area contributed by atoms with Gasteiger partial charge in [-0.3, -0.25) is 4.79 Å². The van der Waals surface area contributed by atoms with Crippen LogP contribution in [0, 0.1) is 0 Å². The fraction of sp³-hybridized carbons (Fsp3) is 0.700. The Bertz CT molecular complexity index is 232. The van der Waals surface area contributed by atoms with Gasteiger partial charge in [-0.05, 0) is 25.8 Å². The number of esters is 1. The predicted octanol–water partition coefficient (Wildman–Crippen LogP) is 0.729. The number of hydrogen-bond donors (Lipinski definition) is 2. The molecule has 0 amide bonds. The average molecular weight is 200 g/mol. The van der Waals surface area contributed by atoms with Crippen LogP contribution in [0.25, 0.3) is 0 Å². The molecule has 1 aliphatic rings. The molecule has 0 spiro atoms. The standard InChI is InChI=1S/C10H16O4/c1-7(11)2-3-8(12)6-9-4-5-10(13)14-9/h4,7-8,11-12H,2-3,5-6H2,1H3. The minimum Gasteiger partial charge on any atom is -0.431 e.